The molecule has 1 aromatic carbocycles. The summed E-state index contributed by atoms with van der Waals surface area (Å²) in [6.07, 6.45) is 1.28. The number of aliphatic carboxylic acids is 1. The number of carbonyl (C=O) groups excluding carboxylic acids is 1. The van der Waals surface area contributed by atoms with Crippen molar-refractivity contribution >= 4 is 27.8 Å². The third kappa shape index (κ3) is 3.03. The lowest BCUT2D eigenvalue weighted by Gasteiger charge is -2.31. The molecule has 1 aliphatic heterocycles. The van der Waals surface area contributed by atoms with Crippen LogP contribution in [0.25, 0.3) is 0 Å². The maximum absolute atomic E-state index is 12.4. The Balaban J connectivity index is 2.10. The molecule has 0 saturated carbocycles. The average Bonchev–Trinajstić information content (AvgIpc) is 2.38. The van der Waals surface area contributed by atoms with Gasteiger partial charge in [0.2, 0.25) is 0 Å². The zero-order valence-electron chi connectivity index (χ0n) is 11.6. The average molecular weight is 340 g/mol. The van der Waals surface area contributed by atoms with Gasteiger partial charge in [-0.25, -0.2) is 0 Å². The number of carbonyl (C=O) groups is 2. The van der Waals surface area contributed by atoms with Crippen molar-refractivity contribution in [3.8, 4) is 0 Å². The van der Waals surface area contributed by atoms with Crippen LogP contribution in [0.4, 0.5) is 0 Å². The fraction of sp³-hybridized carbons (Fsp3) is 0.467. The van der Waals surface area contributed by atoms with Crippen LogP contribution in [0.15, 0.2) is 22.7 Å². The second kappa shape index (κ2) is 5.56. The minimum atomic E-state index is -0.829. The quantitative estimate of drug-likeness (QED) is 0.917. The number of nitrogens with zero attached hydrogens (tertiary/aromatic N) is 1. The molecule has 1 heterocycles. The minimum Gasteiger partial charge on any atom is -0.481 e. The van der Waals surface area contributed by atoms with Crippen molar-refractivity contribution in [1.82, 2.24) is 4.90 Å². The number of benzene rings is 1. The van der Waals surface area contributed by atoms with E-state index in [1.807, 2.05) is 18.2 Å². The Morgan fingerprint density at radius 1 is 1.45 bits per heavy atom. The highest BCUT2D eigenvalue weighted by atomic mass is 79.9. The molecular formula is C15H18BrNO3. The van der Waals surface area contributed by atoms with E-state index in [1.165, 1.54) is 0 Å². The molecule has 1 aromatic rings. The molecule has 1 amide bonds. The molecule has 1 aliphatic rings. The molecule has 0 bridgehead atoms. The zero-order chi connectivity index (χ0) is 14.9. The molecule has 0 unspecified atom stereocenters. The molecule has 0 spiro atoms. The van der Waals surface area contributed by atoms with Crippen molar-refractivity contribution in [2.75, 3.05) is 13.1 Å². The fourth-order valence-corrected chi connectivity index (χ4v) is 2.59. The van der Waals surface area contributed by atoms with Crippen LogP contribution < -0.4 is 0 Å². The van der Waals surface area contributed by atoms with E-state index in [-0.39, 0.29) is 5.91 Å². The van der Waals surface area contributed by atoms with E-state index >= 15 is 0 Å². The van der Waals surface area contributed by atoms with Crippen LogP contribution in [0.1, 0.15) is 36.2 Å². The summed E-state index contributed by atoms with van der Waals surface area (Å²) in [5.74, 6) is -0.834. The first kappa shape index (κ1) is 15.0. The van der Waals surface area contributed by atoms with Gasteiger partial charge >= 0.3 is 5.97 Å². The Labute approximate surface area is 126 Å². The van der Waals surface area contributed by atoms with Gasteiger partial charge in [0.25, 0.3) is 5.91 Å². The Morgan fingerprint density at radius 3 is 2.80 bits per heavy atom. The number of halogens is 1. The van der Waals surface area contributed by atoms with Gasteiger partial charge in [-0.05, 0) is 44.4 Å². The summed E-state index contributed by atoms with van der Waals surface area (Å²) in [6, 6.07) is 5.75. The number of carboxylic acid groups (broad SMARTS) is 1. The molecule has 108 valence electrons. The van der Waals surface area contributed by atoms with E-state index in [0.717, 1.165) is 22.0 Å². The zero-order valence-corrected chi connectivity index (χ0v) is 13.2. The largest absolute Gasteiger partial charge is 0.481 e. The highest BCUT2D eigenvalue weighted by Gasteiger charge is 2.30. The number of amides is 1. The summed E-state index contributed by atoms with van der Waals surface area (Å²) in [7, 11) is 0. The van der Waals surface area contributed by atoms with E-state index in [1.54, 1.807) is 18.7 Å². The third-order valence-corrected chi connectivity index (χ3v) is 4.32. The Bertz CT molecular complexity index is 554. The topological polar surface area (TPSA) is 57.6 Å². The molecule has 2 rings (SSSR count). The molecule has 1 N–H and O–H groups in total. The smallest absolute Gasteiger partial charge is 0.309 e. The molecule has 5 heteroatoms. The fourth-order valence-electron chi connectivity index (χ4n) is 2.23. The van der Waals surface area contributed by atoms with Crippen LogP contribution in [0.3, 0.4) is 0 Å². The third-order valence-electron chi connectivity index (χ3n) is 3.83. The lowest BCUT2D eigenvalue weighted by molar-refractivity contribution is -0.147. The monoisotopic (exact) mass is 339 g/mol. The Hall–Kier alpha value is -1.36. The molecule has 20 heavy (non-hydrogen) atoms. The predicted molar refractivity (Wildman–Crippen MR) is 79.8 cm³/mol. The number of rotatable bonds is 4. The second-order valence-corrected chi connectivity index (χ2v) is 6.70. The van der Waals surface area contributed by atoms with E-state index in [0.29, 0.717) is 19.5 Å². The number of fused-ring (bicyclic) bond motifs is 1. The van der Waals surface area contributed by atoms with Crippen LogP contribution in [0, 0.1) is 5.41 Å². The highest BCUT2D eigenvalue weighted by molar-refractivity contribution is 9.10. The minimum absolute atomic E-state index is 0.00580. The lowest BCUT2D eigenvalue weighted by atomic mass is 9.89. The first-order valence-electron chi connectivity index (χ1n) is 6.62. The standard InChI is InChI=1S/C15H18BrNO3/c1-15(2,14(19)20)6-8-17-7-5-10-3-4-11(16)9-12(10)13(17)18/h3-4,9H,5-8H2,1-2H3,(H,19,20). The summed E-state index contributed by atoms with van der Waals surface area (Å²) in [6.45, 7) is 4.51. The number of hydrogen-bond donors (Lipinski definition) is 1. The van der Waals surface area contributed by atoms with Crippen LogP contribution in [-0.2, 0) is 11.2 Å². The van der Waals surface area contributed by atoms with Gasteiger partial charge < -0.3 is 10.0 Å². The first-order chi connectivity index (χ1) is 9.31. The first-order valence-corrected chi connectivity index (χ1v) is 7.42. The molecule has 0 radical (unpaired) electrons. The lowest BCUT2D eigenvalue weighted by Crippen LogP contribution is -2.40. The van der Waals surface area contributed by atoms with Gasteiger partial charge in [0, 0.05) is 23.1 Å². The second-order valence-electron chi connectivity index (χ2n) is 5.78. The SMILES string of the molecule is CC(C)(CCN1CCc2ccc(Br)cc2C1=O)C(=O)O. The number of hydrogen-bond acceptors (Lipinski definition) is 2. The van der Waals surface area contributed by atoms with Gasteiger partial charge in [-0.2, -0.15) is 0 Å². The van der Waals surface area contributed by atoms with Gasteiger partial charge in [0.05, 0.1) is 5.41 Å². The molecule has 0 saturated heterocycles. The van der Waals surface area contributed by atoms with E-state index in [9.17, 15) is 9.59 Å². The van der Waals surface area contributed by atoms with E-state index in [2.05, 4.69) is 15.9 Å². The van der Waals surface area contributed by atoms with Crippen LogP contribution >= 0.6 is 15.9 Å². The molecule has 0 atom stereocenters. The summed E-state index contributed by atoms with van der Waals surface area (Å²) >= 11 is 3.38. The van der Waals surface area contributed by atoms with Gasteiger partial charge in [0.15, 0.2) is 0 Å². The summed E-state index contributed by atoms with van der Waals surface area (Å²) in [5.41, 5.74) is 0.975. The van der Waals surface area contributed by atoms with Crippen LogP contribution in [-0.4, -0.2) is 35.0 Å². The Morgan fingerprint density at radius 2 is 2.15 bits per heavy atom. The maximum Gasteiger partial charge on any atom is 0.309 e. The van der Waals surface area contributed by atoms with Crippen molar-refractivity contribution in [2.45, 2.75) is 26.7 Å². The van der Waals surface area contributed by atoms with Crippen LogP contribution in [0.5, 0.6) is 0 Å². The van der Waals surface area contributed by atoms with Gasteiger partial charge in [-0.1, -0.05) is 22.0 Å². The molecule has 4 nitrogen and oxygen atoms in total. The normalized spacial score (nSPS) is 15.2. The van der Waals surface area contributed by atoms with E-state index < -0.39 is 11.4 Å². The van der Waals surface area contributed by atoms with Crippen molar-refractivity contribution < 1.29 is 14.7 Å². The molecule has 0 fully saturated rings. The Kier molecular flexibility index (Phi) is 4.18. The molecular weight excluding hydrogens is 322 g/mol. The number of carboxylic acids is 1. The van der Waals surface area contributed by atoms with Crippen molar-refractivity contribution in [3.05, 3.63) is 33.8 Å². The summed E-state index contributed by atoms with van der Waals surface area (Å²) < 4.78 is 0.886. The molecule has 0 aromatic heterocycles. The van der Waals surface area contributed by atoms with Gasteiger partial charge in [-0.15, -0.1) is 0 Å². The van der Waals surface area contributed by atoms with Crippen molar-refractivity contribution in [1.29, 1.82) is 0 Å². The van der Waals surface area contributed by atoms with Gasteiger partial charge in [0.1, 0.15) is 0 Å². The van der Waals surface area contributed by atoms with E-state index in [4.69, 9.17) is 5.11 Å². The van der Waals surface area contributed by atoms with Crippen molar-refractivity contribution in [3.63, 3.8) is 0 Å². The van der Waals surface area contributed by atoms with Gasteiger partial charge in [-0.3, -0.25) is 9.59 Å². The summed E-state index contributed by atoms with van der Waals surface area (Å²) in [4.78, 5) is 25.3. The summed E-state index contributed by atoms with van der Waals surface area (Å²) in [5, 5.41) is 9.12. The van der Waals surface area contributed by atoms with Crippen LogP contribution in [0.2, 0.25) is 0 Å². The highest BCUT2D eigenvalue weighted by Crippen LogP contribution is 2.26. The maximum atomic E-state index is 12.4. The molecule has 0 aliphatic carbocycles. The predicted octanol–water partition coefficient (Wildman–Crippen LogP) is 2.95. The van der Waals surface area contributed by atoms with Crippen molar-refractivity contribution in [2.24, 2.45) is 5.41 Å².